The lowest BCUT2D eigenvalue weighted by Gasteiger charge is -2.31. The summed E-state index contributed by atoms with van der Waals surface area (Å²) >= 11 is 0. The summed E-state index contributed by atoms with van der Waals surface area (Å²) in [6.07, 6.45) is 2.11. The van der Waals surface area contributed by atoms with Crippen LogP contribution in [-0.4, -0.2) is 29.3 Å². The molecule has 2 fully saturated rings. The van der Waals surface area contributed by atoms with Crippen LogP contribution in [0.4, 0.5) is 13.2 Å². The molecule has 6 heteroatoms. The second-order valence-electron chi connectivity index (χ2n) is 6.96. The van der Waals surface area contributed by atoms with Crippen molar-refractivity contribution in [2.45, 2.75) is 76.0 Å². The van der Waals surface area contributed by atoms with Gasteiger partial charge in [0.25, 0.3) is 0 Å². The highest BCUT2D eigenvalue weighted by molar-refractivity contribution is 5.78. The molecule has 1 amide bonds. The Kier molecular flexibility index (Phi) is 5.75. The monoisotopic (exact) mass is 321 g/mol. The minimum absolute atomic E-state index is 0.117. The fourth-order valence-corrected chi connectivity index (χ4v) is 3.68. The number of rotatable bonds is 3. The molecular weight excluding hydrogens is 295 g/mol. The summed E-state index contributed by atoms with van der Waals surface area (Å²) in [7, 11) is 0. The molecule has 0 aromatic rings. The number of halogens is 3. The molecule has 2 aliphatic rings. The summed E-state index contributed by atoms with van der Waals surface area (Å²) in [4.78, 5) is 12.2. The van der Waals surface area contributed by atoms with Gasteiger partial charge in [0.1, 0.15) is 0 Å². The van der Waals surface area contributed by atoms with Crippen molar-refractivity contribution in [1.82, 2.24) is 5.32 Å². The van der Waals surface area contributed by atoms with Gasteiger partial charge in [-0.15, -0.1) is 0 Å². The molecule has 2 rings (SSSR count). The number of amides is 1. The average Bonchev–Trinajstić information content (AvgIpc) is 2.69. The summed E-state index contributed by atoms with van der Waals surface area (Å²) in [5.74, 6) is -2.26. The van der Waals surface area contributed by atoms with E-state index in [1.54, 1.807) is 0 Å². The second-order valence-corrected chi connectivity index (χ2v) is 6.96. The summed E-state index contributed by atoms with van der Waals surface area (Å²) in [5, 5.41) is 13.2. The van der Waals surface area contributed by atoms with E-state index in [9.17, 15) is 23.1 Å². The van der Waals surface area contributed by atoms with E-state index in [0.29, 0.717) is 25.7 Å². The molecule has 2 aliphatic carbocycles. The maximum Gasteiger partial charge on any atom is 0.391 e. The highest BCUT2D eigenvalue weighted by Crippen LogP contribution is 2.40. The quantitative estimate of drug-likeness (QED) is 0.781. The summed E-state index contributed by atoms with van der Waals surface area (Å²) in [6, 6.07) is 0. The van der Waals surface area contributed by atoms with Crippen LogP contribution in [0.25, 0.3) is 0 Å². The van der Waals surface area contributed by atoms with E-state index < -0.39 is 23.6 Å². The summed E-state index contributed by atoms with van der Waals surface area (Å²) in [6.45, 7) is 0.166. The zero-order valence-corrected chi connectivity index (χ0v) is 12.9. The van der Waals surface area contributed by atoms with Gasteiger partial charge >= 0.3 is 6.18 Å². The molecule has 0 aliphatic heterocycles. The fraction of sp³-hybridized carbons (Fsp3) is 0.938. The van der Waals surface area contributed by atoms with E-state index in [4.69, 9.17) is 0 Å². The SMILES string of the molecule is O=C(NCC1(O)CCCCCC1)C1CCCC(C(F)(F)F)C1. The van der Waals surface area contributed by atoms with Gasteiger partial charge in [-0.1, -0.05) is 32.1 Å². The van der Waals surface area contributed by atoms with Gasteiger partial charge in [0.05, 0.1) is 11.5 Å². The lowest BCUT2D eigenvalue weighted by Crippen LogP contribution is -2.45. The molecule has 3 nitrogen and oxygen atoms in total. The summed E-state index contributed by atoms with van der Waals surface area (Å²) in [5.41, 5.74) is -0.885. The van der Waals surface area contributed by atoms with Crippen molar-refractivity contribution in [3.8, 4) is 0 Å². The topological polar surface area (TPSA) is 49.3 Å². The lowest BCUT2D eigenvalue weighted by atomic mass is 9.80. The van der Waals surface area contributed by atoms with Crippen molar-refractivity contribution >= 4 is 5.91 Å². The van der Waals surface area contributed by atoms with E-state index >= 15 is 0 Å². The van der Waals surface area contributed by atoms with Crippen LogP contribution >= 0.6 is 0 Å². The van der Waals surface area contributed by atoms with Crippen molar-refractivity contribution in [3.05, 3.63) is 0 Å². The highest BCUT2D eigenvalue weighted by Gasteiger charge is 2.43. The number of aliphatic hydroxyl groups is 1. The Morgan fingerprint density at radius 2 is 1.73 bits per heavy atom. The first kappa shape index (κ1) is 17.6. The van der Waals surface area contributed by atoms with Gasteiger partial charge in [-0.3, -0.25) is 4.79 Å². The number of hydrogen-bond donors (Lipinski definition) is 2. The Morgan fingerprint density at radius 3 is 2.32 bits per heavy atom. The van der Waals surface area contributed by atoms with Crippen molar-refractivity contribution in [2.75, 3.05) is 6.54 Å². The third-order valence-corrected chi connectivity index (χ3v) is 5.13. The minimum Gasteiger partial charge on any atom is -0.388 e. The predicted molar refractivity (Wildman–Crippen MR) is 77.2 cm³/mol. The summed E-state index contributed by atoms with van der Waals surface area (Å²) < 4.78 is 38.4. The predicted octanol–water partition coefficient (Wildman–Crippen LogP) is 3.56. The molecule has 0 heterocycles. The Bertz CT molecular complexity index is 376. The van der Waals surface area contributed by atoms with Gasteiger partial charge in [-0.25, -0.2) is 0 Å². The molecule has 22 heavy (non-hydrogen) atoms. The van der Waals surface area contributed by atoms with Crippen LogP contribution in [0.2, 0.25) is 0 Å². The number of carbonyl (C=O) groups is 1. The van der Waals surface area contributed by atoms with Crippen molar-refractivity contribution in [1.29, 1.82) is 0 Å². The first-order chi connectivity index (χ1) is 10.3. The van der Waals surface area contributed by atoms with Gasteiger partial charge in [0.15, 0.2) is 0 Å². The van der Waals surface area contributed by atoms with Crippen LogP contribution in [-0.2, 0) is 4.79 Å². The minimum atomic E-state index is -4.21. The molecule has 0 spiro atoms. The molecule has 2 N–H and O–H groups in total. The van der Waals surface area contributed by atoms with Crippen LogP contribution < -0.4 is 5.32 Å². The Morgan fingerprint density at radius 1 is 1.09 bits per heavy atom. The second kappa shape index (κ2) is 7.20. The normalized spacial score (nSPS) is 29.6. The van der Waals surface area contributed by atoms with E-state index in [2.05, 4.69) is 5.32 Å². The van der Waals surface area contributed by atoms with E-state index in [0.717, 1.165) is 25.7 Å². The van der Waals surface area contributed by atoms with Crippen molar-refractivity contribution in [2.24, 2.45) is 11.8 Å². The molecule has 2 saturated carbocycles. The third kappa shape index (κ3) is 4.86. The van der Waals surface area contributed by atoms with Crippen LogP contribution in [0.3, 0.4) is 0 Å². The van der Waals surface area contributed by atoms with Gasteiger partial charge in [0, 0.05) is 12.5 Å². The van der Waals surface area contributed by atoms with Gasteiger partial charge < -0.3 is 10.4 Å². The Hall–Kier alpha value is -0.780. The van der Waals surface area contributed by atoms with Crippen molar-refractivity contribution in [3.63, 3.8) is 0 Å². The number of carbonyl (C=O) groups excluding carboxylic acids is 1. The Labute approximate surface area is 129 Å². The van der Waals surface area contributed by atoms with Crippen LogP contribution in [0.5, 0.6) is 0 Å². The molecule has 2 unspecified atom stereocenters. The molecule has 0 radical (unpaired) electrons. The van der Waals surface area contributed by atoms with E-state index in [1.807, 2.05) is 0 Å². The lowest BCUT2D eigenvalue weighted by molar-refractivity contribution is -0.186. The smallest absolute Gasteiger partial charge is 0.388 e. The van der Waals surface area contributed by atoms with Crippen LogP contribution in [0.15, 0.2) is 0 Å². The van der Waals surface area contributed by atoms with E-state index in [1.165, 1.54) is 0 Å². The zero-order valence-electron chi connectivity index (χ0n) is 12.9. The molecule has 2 atom stereocenters. The third-order valence-electron chi connectivity index (χ3n) is 5.13. The van der Waals surface area contributed by atoms with Gasteiger partial charge in [-0.2, -0.15) is 13.2 Å². The number of nitrogens with one attached hydrogen (secondary N) is 1. The van der Waals surface area contributed by atoms with Crippen LogP contribution in [0, 0.1) is 11.8 Å². The van der Waals surface area contributed by atoms with Gasteiger partial charge in [-0.05, 0) is 32.1 Å². The maximum absolute atomic E-state index is 12.8. The molecule has 0 aromatic carbocycles. The number of alkyl halides is 3. The van der Waals surface area contributed by atoms with E-state index in [-0.39, 0.29) is 25.3 Å². The zero-order chi connectivity index (χ0) is 16.2. The van der Waals surface area contributed by atoms with Gasteiger partial charge in [0.2, 0.25) is 5.91 Å². The van der Waals surface area contributed by atoms with Crippen molar-refractivity contribution < 1.29 is 23.1 Å². The average molecular weight is 321 g/mol. The molecule has 0 aromatic heterocycles. The highest BCUT2D eigenvalue weighted by atomic mass is 19.4. The first-order valence-corrected chi connectivity index (χ1v) is 8.37. The fourth-order valence-electron chi connectivity index (χ4n) is 3.68. The molecular formula is C16H26F3NO2. The molecule has 0 saturated heterocycles. The Balaban J connectivity index is 1.83. The first-order valence-electron chi connectivity index (χ1n) is 8.37. The largest absolute Gasteiger partial charge is 0.391 e. The van der Waals surface area contributed by atoms with Crippen LogP contribution in [0.1, 0.15) is 64.2 Å². The molecule has 0 bridgehead atoms. The standard InChI is InChI=1S/C16H26F3NO2/c17-16(18,19)13-7-5-6-12(10-13)14(21)20-11-15(22)8-3-1-2-4-9-15/h12-13,22H,1-11H2,(H,20,21). The number of hydrogen-bond acceptors (Lipinski definition) is 2. The maximum atomic E-state index is 12.8. The molecule has 128 valence electrons.